The molecule has 0 unspecified atom stereocenters. The molecule has 0 atom stereocenters. The van der Waals surface area contributed by atoms with Crippen LogP contribution in [0.25, 0.3) is 22.4 Å². The van der Waals surface area contributed by atoms with E-state index < -0.39 is 0 Å². The van der Waals surface area contributed by atoms with Gasteiger partial charge in [0.25, 0.3) is 0 Å². The molecule has 0 amide bonds. The summed E-state index contributed by atoms with van der Waals surface area (Å²) in [4.78, 5) is 8.13. The molecule has 1 aromatic heterocycles. The van der Waals surface area contributed by atoms with Gasteiger partial charge < -0.3 is 14.5 Å². The third kappa shape index (κ3) is 4.74. The smallest absolute Gasteiger partial charge is 0.161 e. The van der Waals surface area contributed by atoms with Crippen molar-refractivity contribution >= 4 is 11.0 Å². The zero-order valence-corrected chi connectivity index (χ0v) is 19.0. The highest BCUT2D eigenvalue weighted by atomic mass is 16.5. The number of aromatic amines is 1. The SMILES string of the molecule is CCOc1cc(-c2nc3ccc(C)cc3[nH]2)ccc1OCc1ccc(C(C)(C)C)cc1. The molecule has 1 N–H and O–H groups in total. The number of H-pyrrole nitrogens is 1. The second-order valence-corrected chi connectivity index (χ2v) is 8.94. The van der Waals surface area contributed by atoms with E-state index in [2.05, 4.69) is 69.1 Å². The van der Waals surface area contributed by atoms with Gasteiger partial charge in [-0.25, -0.2) is 4.98 Å². The third-order valence-electron chi connectivity index (χ3n) is 5.37. The Morgan fingerprint density at radius 1 is 0.871 bits per heavy atom. The van der Waals surface area contributed by atoms with Gasteiger partial charge in [0.1, 0.15) is 12.4 Å². The molecule has 1 heterocycles. The molecular weight excluding hydrogens is 384 g/mol. The number of nitrogens with zero attached hydrogens (tertiary/aromatic N) is 1. The average molecular weight is 415 g/mol. The Bertz CT molecular complexity index is 1180. The molecule has 0 aliphatic rings. The summed E-state index contributed by atoms with van der Waals surface area (Å²) >= 11 is 0. The van der Waals surface area contributed by atoms with Crippen LogP contribution >= 0.6 is 0 Å². The molecule has 0 bridgehead atoms. The summed E-state index contributed by atoms with van der Waals surface area (Å²) in [7, 11) is 0. The van der Waals surface area contributed by atoms with Gasteiger partial charge in [0, 0.05) is 5.56 Å². The molecular formula is C27H30N2O2. The summed E-state index contributed by atoms with van der Waals surface area (Å²) < 4.78 is 12.0. The zero-order chi connectivity index (χ0) is 22.0. The van der Waals surface area contributed by atoms with E-state index in [1.165, 1.54) is 11.1 Å². The summed E-state index contributed by atoms with van der Waals surface area (Å²) in [6, 6.07) is 20.8. The van der Waals surface area contributed by atoms with Crippen LogP contribution in [0.4, 0.5) is 0 Å². The minimum Gasteiger partial charge on any atom is -0.490 e. The Kier molecular flexibility index (Phi) is 5.73. The van der Waals surface area contributed by atoms with E-state index in [4.69, 9.17) is 14.5 Å². The first-order valence-electron chi connectivity index (χ1n) is 10.8. The van der Waals surface area contributed by atoms with Crippen LogP contribution in [0.15, 0.2) is 60.7 Å². The number of ether oxygens (including phenoxy) is 2. The molecule has 0 aliphatic heterocycles. The Morgan fingerprint density at radius 2 is 1.65 bits per heavy atom. The van der Waals surface area contributed by atoms with Crippen LogP contribution in [-0.2, 0) is 12.0 Å². The van der Waals surface area contributed by atoms with Gasteiger partial charge in [-0.3, -0.25) is 0 Å². The van der Waals surface area contributed by atoms with Crippen LogP contribution in [0, 0.1) is 6.92 Å². The van der Waals surface area contributed by atoms with Gasteiger partial charge in [0.15, 0.2) is 11.5 Å². The predicted octanol–water partition coefficient (Wildman–Crippen LogP) is 6.81. The molecule has 0 spiro atoms. The summed E-state index contributed by atoms with van der Waals surface area (Å²) in [5, 5.41) is 0. The lowest BCUT2D eigenvalue weighted by Crippen LogP contribution is -2.10. The van der Waals surface area contributed by atoms with Crippen molar-refractivity contribution in [1.29, 1.82) is 0 Å². The minimum atomic E-state index is 0.146. The first-order valence-corrected chi connectivity index (χ1v) is 10.8. The van der Waals surface area contributed by atoms with Gasteiger partial charge in [-0.05, 0) is 66.3 Å². The molecule has 160 valence electrons. The number of fused-ring (bicyclic) bond motifs is 1. The van der Waals surface area contributed by atoms with E-state index in [1.807, 2.05) is 31.2 Å². The maximum atomic E-state index is 6.11. The molecule has 0 saturated carbocycles. The van der Waals surface area contributed by atoms with Gasteiger partial charge >= 0.3 is 0 Å². The van der Waals surface area contributed by atoms with Crippen molar-refractivity contribution in [3.8, 4) is 22.9 Å². The summed E-state index contributed by atoms with van der Waals surface area (Å²) in [5.74, 6) is 2.28. The first-order chi connectivity index (χ1) is 14.8. The van der Waals surface area contributed by atoms with E-state index in [-0.39, 0.29) is 5.41 Å². The van der Waals surface area contributed by atoms with Crippen molar-refractivity contribution in [3.63, 3.8) is 0 Å². The lowest BCUT2D eigenvalue weighted by Gasteiger charge is -2.19. The van der Waals surface area contributed by atoms with E-state index >= 15 is 0 Å². The number of imidazole rings is 1. The highest BCUT2D eigenvalue weighted by Gasteiger charge is 2.14. The molecule has 0 saturated heterocycles. The van der Waals surface area contributed by atoms with Crippen molar-refractivity contribution in [2.45, 2.75) is 46.6 Å². The number of aromatic nitrogens is 2. The largest absolute Gasteiger partial charge is 0.490 e. The molecule has 4 aromatic rings. The third-order valence-corrected chi connectivity index (χ3v) is 5.37. The fourth-order valence-corrected chi connectivity index (χ4v) is 3.57. The molecule has 0 radical (unpaired) electrons. The molecule has 31 heavy (non-hydrogen) atoms. The first kappa shape index (κ1) is 21.0. The van der Waals surface area contributed by atoms with Crippen molar-refractivity contribution in [2.75, 3.05) is 6.61 Å². The normalized spacial score (nSPS) is 11.6. The van der Waals surface area contributed by atoms with Crippen LogP contribution in [0.1, 0.15) is 44.4 Å². The van der Waals surface area contributed by atoms with Crippen LogP contribution < -0.4 is 9.47 Å². The Morgan fingerprint density at radius 3 is 2.35 bits per heavy atom. The maximum absolute atomic E-state index is 6.11. The highest BCUT2D eigenvalue weighted by Crippen LogP contribution is 2.33. The van der Waals surface area contributed by atoms with Crippen molar-refractivity contribution in [1.82, 2.24) is 9.97 Å². The number of hydrogen-bond donors (Lipinski definition) is 1. The van der Waals surface area contributed by atoms with Crippen molar-refractivity contribution in [2.24, 2.45) is 0 Å². The molecule has 3 aromatic carbocycles. The van der Waals surface area contributed by atoms with Gasteiger partial charge in [0.2, 0.25) is 0 Å². The van der Waals surface area contributed by atoms with Crippen LogP contribution in [0.3, 0.4) is 0 Å². The lowest BCUT2D eigenvalue weighted by atomic mass is 9.87. The van der Waals surface area contributed by atoms with E-state index in [1.54, 1.807) is 0 Å². The molecule has 4 heteroatoms. The second kappa shape index (κ2) is 8.46. The molecule has 0 aliphatic carbocycles. The number of nitrogens with one attached hydrogen (secondary N) is 1. The molecule has 4 rings (SSSR count). The average Bonchev–Trinajstić information content (AvgIpc) is 3.16. The number of benzene rings is 3. The summed E-state index contributed by atoms with van der Waals surface area (Å²) in [5.41, 5.74) is 6.76. The Balaban J connectivity index is 1.55. The quantitative estimate of drug-likeness (QED) is 0.377. The van der Waals surface area contributed by atoms with Crippen LogP contribution in [0.5, 0.6) is 11.5 Å². The second-order valence-electron chi connectivity index (χ2n) is 8.94. The number of hydrogen-bond acceptors (Lipinski definition) is 3. The van der Waals surface area contributed by atoms with Crippen LogP contribution in [0.2, 0.25) is 0 Å². The van der Waals surface area contributed by atoms with Crippen molar-refractivity contribution in [3.05, 3.63) is 77.4 Å². The molecule has 0 fully saturated rings. The molecule has 4 nitrogen and oxygen atoms in total. The predicted molar refractivity (Wildman–Crippen MR) is 127 cm³/mol. The summed E-state index contributed by atoms with van der Waals surface area (Å²) in [6.07, 6.45) is 0. The van der Waals surface area contributed by atoms with E-state index in [0.717, 1.165) is 39.5 Å². The van der Waals surface area contributed by atoms with Crippen LogP contribution in [-0.4, -0.2) is 16.6 Å². The fraction of sp³-hybridized carbons (Fsp3) is 0.296. The zero-order valence-electron chi connectivity index (χ0n) is 19.0. The summed E-state index contributed by atoms with van der Waals surface area (Å²) in [6.45, 7) is 11.8. The lowest BCUT2D eigenvalue weighted by molar-refractivity contribution is 0.269. The van der Waals surface area contributed by atoms with Gasteiger partial charge in [-0.15, -0.1) is 0 Å². The van der Waals surface area contributed by atoms with Gasteiger partial charge in [-0.1, -0.05) is 51.1 Å². The standard InChI is InChI=1S/C27H30N2O2/c1-6-30-25-16-20(26-28-22-13-7-18(2)15-23(22)29-26)10-14-24(25)31-17-19-8-11-21(12-9-19)27(3,4)5/h7-16H,6,17H2,1-5H3,(H,28,29). The van der Waals surface area contributed by atoms with Gasteiger partial charge in [-0.2, -0.15) is 0 Å². The highest BCUT2D eigenvalue weighted by molar-refractivity contribution is 5.80. The maximum Gasteiger partial charge on any atom is 0.161 e. The minimum absolute atomic E-state index is 0.146. The topological polar surface area (TPSA) is 47.1 Å². The van der Waals surface area contributed by atoms with E-state index in [0.29, 0.717) is 13.2 Å². The Hall–Kier alpha value is -3.27. The number of aryl methyl sites for hydroxylation is 1. The van der Waals surface area contributed by atoms with E-state index in [9.17, 15) is 0 Å². The fourth-order valence-electron chi connectivity index (χ4n) is 3.57. The van der Waals surface area contributed by atoms with Crippen molar-refractivity contribution < 1.29 is 9.47 Å². The van der Waals surface area contributed by atoms with Gasteiger partial charge in [0.05, 0.1) is 17.6 Å². The number of rotatable bonds is 6. The monoisotopic (exact) mass is 414 g/mol. The Labute approximate surface area is 184 Å².